The number of fused-ring (bicyclic) bond motifs is 2. The van der Waals surface area contributed by atoms with Gasteiger partial charge in [0.1, 0.15) is 29.7 Å². The molecule has 6 aliphatic rings. The van der Waals surface area contributed by atoms with Crippen molar-refractivity contribution in [2.45, 2.75) is 165 Å². The Morgan fingerprint density at radius 1 is 0.925 bits per heavy atom. The molecule has 3 aromatic carbocycles. The minimum absolute atomic E-state index is 0.0245. The van der Waals surface area contributed by atoms with Crippen LogP contribution in [-0.4, -0.2) is 119 Å². The molecule has 5 aromatic rings. The first-order valence-electron chi connectivity index (χ1n) is 28.7. The maximum atomic E-state index is 14.6. The number of anilines is 2. The predicted molar refractivity (Wildman–Crippen MR) is 303 cm³/mol. The van der Waals surface area contributed by atoms with Gasteiger partial charge >= 0.3 is 6.09 Å². The summed E-state index contributed by atoms with van der Waals surface area (Å²) in [7, 11) is -4.77. The number of hydrogen-bond acceptors (Lipinski definition) is 15. The van der Waals surface area contributed by atoms with Gasteiger partial charge in [0.2, 0.25) is 0 Å². The zero-order valence-electron chi connectivity index (χ0n) is 46.8. The number of carbonyl (C=O) groups is 2. The number of hydrogen-bond donors (Lipinski definition) is 4. The molecule has 2 atom stereocenters. The van der Waals surface area contributed by atoms with Gasteiger partial charge in [-0.3, -0.25) is 19.8 Å². The SMILES string of the molecule is CC(C)c1ccccc1[C@H]1CCCN1C1CC2(CCN(c3ccc(C(=O)NS(=O)(=O)c4cc5c(c([N+](=O)[O-])c4)N[C@@H](C4CCC(C)(O)CC4)CO5)c(Oc4cc5cc[nH]c5nc4OC4CCN(C(=O)OC(C)(C)C)CC4)c3)CC2)C1. The minimum atomic E-state index is -4.77. The Hall–Kier alpha value is -6.64. The average Bonchev–Trinajstić information content (AvgIpc) is 4.10. The second-order valence-corrected chi connectivity index (χ2v) is 26.6. The van der Waals surface area contributed by atoms with Gasteiger partial charge in [-0.2, -0.15) is 4.98 Å². The summed E-state index contributed by atoms with van der Waals surface area (Å²) in [6.07, 6.45) is 11.2. The number of H-pyrrole nitrogens is 1. The van der Waals surface area contributed by atoms with Gasteiger partial charge < -0.3 is 44.2 Å². The van der Waals surface area contributed by atoms with Crippen LogP contribution in [0.2, 0.25) is 0 Å². The molecule has 5 fully saturated rings. The monoisotopic (exact) mass is 1120 g/mol. The first-order chi connectivity index (χ1) is 38.1. The largest absolute Gasteiger partial charge is 0.489 e. The van der Waals surface area contributed by atoms with E-state index in [-0.39, 0.29) is 64.5 Å². The van der Waals surface area contributed by atoms with Crippen LogP contribution in [-0.2, 0) is 14.8 Å². The maximum Gasteiger partial charge on any atom is 0.410 e. The quantitative estimate of drug-likeness (QED) is 0.0634. The van der Waals surface area contributed by atoms with Crippen LogP contribution < -0.4 is 29.1 Å². The number of ether oxygens (including phenoxy) is 4. The summed E-state index contributed by atoms with van der Waals surface area (Å²) in [6.45, 7) is 15.4. The van der Waals surface area contributed by atoms with Gasteiger partial charge in [-0.15, -0.1) is 0 Å². The highest BCUT2D eigenvalue weighted by atomic mass is 32.2. The molecule has 2 aromatic heterocycles. The number of nitro groups is 1. The zero-order valence-corrected chi connectivity index (χ0v) is 47.6. The average molecular weight is 1120 g/mol. The van der Waals surface area contributed by atoms with Gasteiger partial charge in [-0.05, 0) is 151 Å². The Morgan fingerprint density at radius 3 is 2.38 bits per heavy atom. The van der Waals surface area contributed by atoms with Gasteiger partial charge in [-0.1, -0.05) is 38.1 Å². The standard InChI is InChI=1S/C60H76N8O11S/c1-37(2)44-10-7-8-11-45(44)48-12-9-25-67(48)41-34-60(35-41)22-28-65(29-23-60)40-13-14-46(50(31-40)78-52-30-39-17-24-61-54(39)63-56(52)77-42-18-26-66(27-19-42)57(70)79-58(3,4)5)55(69)64-80(74,75)43-32-49(68(72)73)53-51(33-43)76-36-47(62-53)38-15-20-59(6,71)21-16-38/h7-8,10-11,13-14,17,24,30-33,37-38,41-42,47-48,62,71H,9,12,15-16,18-23,25-29,34-36H2,1-6H3,(H,61,63)(H,64,69)/t38?,47-,48-,59?/m1/s1. The third-order valence-electron chi connectivity index (χ3n) is 17.7. The van der Waals surface area contributed by atoms with E-state index in [1.54, 1.807) is 42.3 Å². The highest BCUT2D eigenvalue weighted by Gasteiger charge is 2.50. The fraction of sp³-hybridized carbons (Fsp3) is 0.550. The number of piperidine rings is 2. The smallest absolute Gasteiger partial charge is 0.410 e. The third kappa shape index (κ3) is 11.6. The topological polar surface area (TPSA) is 231 Å². The van der Waals surface area contributed by atoms with E-state index in [0.29, 0.717) is 80.6 Å². The van der Waals surface area contributed by atoms with Crippen LogP contribution in [0.5, 0.6) is 23.1 Å². The molecule has 20 heteroatoms. The van der Waals surface area contributed by atoms with Crippen molar-refractivity contribution < 1.29 is 47.0 Å². The van der Waals surface area contributed by atoms with Crippen LogP contribution in [0.4, 0.5) is 21.9 Å². The van der Waals surface area contributed by atoms with E-state index in [0.717, 1.165) is 57.1 Å². The van der Waals surface area contributed by atoms with Crippen molar-refractivity contribution in [1.29, 1.82) is 0 Å². The number of aromatic amines is 1. The Morgan fingerprint density at radius 2 is 1.66 bits per heavy atom. The van der Waals surface area contributed by atoms with Crippen molar-refractivity contribution in [3.8, 4) is 23.1 Å². The van der Waals surface area contributed by atoms with Crippen LogP contribution in [0.25, 0.3) is 11.0 Å². The molecule has 11 rings (SSSR count). The minimum Gasteiger partial charge on any atom is -0.489 e. The molecule has 0 radical (unpaired) electrons. The fourth-order valence-electron chi connectivity index (χ4n) is 13.3. The highest BCUT2D eigenvalue weighted by Crippen LogP contribution is 2.55. The van der Waals surface area contributed by atoms with Crippen molar-refractivity contribution in [1.82, 2.24) is 24.5 Å². The van der Waals surface area contributed by atoms with Crippen LogP contribution in [0.1, 0.15) is 152 Å². The van der Waals surface area contributed by atoms with E-state index in [1.807, 2.05) is 26.8 Å². The summed E-state index contributed by atoms with van der Waals surface area (Å²) in [4.78, 5) is 53.6. The van der Waals surface area contributed by atoms with E-state index in [2.05, 4.69) is 62.9 Å². The lowest BCUT2D eigenvalue weighted by molar-refractivity contribution is -0.384. The van der Waals surface area contributed by atoms with E-state index in [4.69, 9.17) is 23.9 Å². The number of nitrogens with one attached hydrogen (secondary N) is 3. The summed E-state index contributed by atoms with van der Waals surface area (Å²) in [5, 5.41) is 27.1. The summed E-state index contributed by atoms with van der Waals surface area (Å²) >= 11 is 0. The number of nitro benzene ring substituents is 1. The van der Waals surface area contributed by atoms with Gasteiger partial charge in [0.05, 0.1) is 27.0 Å². The Kier molecular flexibility index (Phi) is 15.0. The summed E-state index contributed by atoms with van der Waals surface area (Å²) < 4.78 is 55.8. The van der Waals surface area contributed by atoms with E-state index < -0.39 is 48.7 Å². The van der Waals surface area contributed by atoms with E-state index in [9.17, 15) is 33.2 Å². The number of rotatable bonds is 13. The van der Waals surface area contributed by atoms with Gasteiger partial charge in [0.25, 0.3) is 27.5 Å². The lowest BCUT2D eigenvalue weighted by atomic mass is 9.59. The van der Waals surface area contributed by atoms with E-state index >= 15 is 0 Å². The molecular formula is C60H76N8O11S. The fourth-order valence-corrected chi connectivity index (χ4v) is 14.3. The summed E-state index contributed by atoms with van der Waals surface area (Å²) in [5.74, 6) is -0.144. The zero-order chi connectivity index (χ0) is 56.3. The highest BCUT2D eigenvalue weighted by molar-refractivity contribution is 7.90. The lowest BCUT2D eigenvalue weighted by Gasteiger charge is -2.56. The summed E-state index contributed by atoms with van der Waals surface area (Å²) in [5.41, 5.74) is 2.49. The molecule has 80 heavy (non-hydrogen) atoms. The molecule has 0 unspecified atom stereocenters. The first-order valence-corrected chi connectivity index (χ1v) is 30.1. The van der Waals surface area contributed by atoms with Crippen LogP contribution in [0.15, 0.2) is 77.8 Å². The van der Waals surface area contributed by atoms with Crippen molar-refractivity contribution >= 4 is 50.1 Å². The predicted octanol–water partition coefficient (Wildman–Crippen LogP) is 11.0. The number of nitrogens with zero attached hydrogens (tertiary/aromatic N) is 5. The number of aliphatic hydroxyl groups is 1. The van der Waals surface area contributed by atoms with Crippen molar-refractivity contribution in [2.24, 2.45) is 11.3 Å². The van der Waals surface area contributed by atoms with E-state index in [1.165, 1.54) is 30.0 Å². The van der Waals surface area contributed by atoms with Crippen LogP contribution in [0.3, 0.4) is 0 Å². The van der Waals surface area contributed by atoms with Gasteiger partial charge in [-0.25, -0.2) is 17.9 Å². The molecule has 3 saturated heterocycles. The third-order valence-corrected chi connectivity index (χ3v) is 19.1. The molecule has 0 bridgehead atoms. The number of aromatic nitrogens is 2. The van der Waals surface area contributed by atoms with Crippen molar-refractivity contribution in [2.75, 3.05) is 49.5 Å². The molecule has 4 aliphatic heterocycles. The lowest BCUT2D eigenvalue weighted by Crippen LogP contribution is -2.54. The number of amides is 2. The summed E-state index contributed by atoms with van der Waals surface area (Å²) in [6, 6.07) is 20.4. The molecule has 4 N–H and O–H groups in total. The van der Waals surface area contributed by atoms with Gasteiger partial charge in [0, 0.05) is 86.6 Å². The molecule has 2 saturated carbocycles. The molecule has 2 amide bonds. The molecule has 2 aliphatic carbocycles. The molecule has 6 heterocycles. The maximum absolute atomic E-state index is 14.6. The number of benzene rings is 3. The van der Waals surface area contributed by atoms with Crippen LogP contribution >= 0.6 is 0 Å². The molecule has 1 spiro atoms. The number of sulfonamides is 1. The second-order valence-electron chi connectivity index (χ2n) is 24.9. The number of carbonyl (C=O) groups excluding carboxylic acids is 2. The normalized spacial score (nSPS) is 23.7. The Bertz CT molecular complexity index is 3250. The molecular weight excluding hydrogens is 1040 g/mol. The second kappa shape index (κ2) is 21.7. The van der Waals surface area contributed by atoms with Crippen molar-refractivity contribution in [3.63, 3.8) is 0 Å². The molecule has 19 nitrogen and oxygen atoms in total. The van der Waals surface area contributed by atoms with Gasteiger partial charge in [0.15, 0.2) is 17.2 Å². The number of likely N-dealkylation sites (tertiary alicyclic amines) is 2. The van der Waals surface area contributed by atoms with Crippen molar-refractivity contribution in [3.05, 3.63) is 99.7 Å². The Balaban J connectivity index is 0.846. The number of pyridine rings is 1. The molecule has 428 valence electrons. The first kappa shape index (κ1) is 55.3. The van der Waals surface area contributed by atoms with Crippen LogP contribution in [0, 0.1) is 21.4 Å². The Labute approximate surface area is 468 Å².